The van der Waals surface area contributed by atoms with E-state index >= 15 is 0 Å². The molecule has 0 bridgehead atoms. The molecule has 0 heterocycles. The van der Waals surface area contributed by atoms with Crippen LogP contribution in [0.25, 0.3) is 0 Å². The van der Waals surface area contributed by atoms with Crippen molar-refractivity contribution in [2.24, 2.45) is 0 Å². The molecule has 0 saturated carbocycles. The Hall–Kier alpha value is 1.48. The Morgan fingerprint density at radius 2 is 0.667 bits per heavy atom. The van der Waals surface area contributed by atoms with Gasteiger partial charge in [0.15, 0.2) is 0 Å². The molecule has 0 spiro atoms. The van der Waals surface area contributed by atoms with Gasteiger partial charge < -0.3 is 0 Å². The zero-order chi connectivity index (χ0) is 24.0. The zero-order valence-corrected chi connectivity index (χ0v) is 23.0. The average Bonchev–Trinajstić information content (AvgIpc) is 2.75. The van der Waals surface area contributed by atoms with E-state index in [4.69, 9.17) is 0 Å². The van der Waals surface area contributed by atoms with Crippen molar-refractivity contribution in [2.75, 3.05) is 0 Å². The van der Waals surface area contributed by atoms with Gasteiger partial charge in [0.2, 0.25) is 0 Å². The second-order valence-corrected chi connectivity index (χ2v) is 12.1. The van der Waals surface area contributed by atoms with Crippen molar-refractivity contribution in [3.05, 3.63) is 0 Å². The fourth-order valence-electron chi connectivity index (χ4n) is 4.97. The van der Waals surface area contributed by atoms with Gasteiger partial charge in [0.1, 0.15) is 0 Å². The van der Waals surface area contributed by atoms with Gasteiger partial charge in [-0.25, -0.2) is 0 Å². The van der Waals surface area contributed by atoms with Crippen molar-refractivity contribution in [1.29, 1.82) is 0 Å². The van der Waals surface area contributed by atoms with E-state index in [1.54, 1.807) is 0 Å². The molecular weight excluding hydrogens is 554 g/mol. The molecule has 0 amide bonds. The summed E-state index contributed by atoms with van der Waals surface area (Å²) in [5.74, 6) is 0. The van der Waals surface area contributed by atoms with Crippen molar-refractivity contribution in [2.45, 2.75) is 180 Å². The molecule has 0 radical (unpaired) electrons. The summed E-state index contributed by atoms with van der Waals surface area (Å²) in [6, 6.07) is 0. The van der Waals surface area contributed by atoms with Gasteiger partial charge in [-0.15, -0.1) is 0 Å². The average molecular weight is 614 g/mol. The first kappa shape index (κ1) is 36.6. The van der Waals surface area contributed by atoms with Crippen LogP contribution >= 0.6 is 0 Å². The van der Waals surface area contributed by atoms with Gasteiger partial charge in [-0.2, -0.15) is 8.42 Å². The molecule has 0 fully saturated rings. The topological polar surface area (TPSA) is 54.4 Å². The van der Waals surface area contributed by atoms with Gasteiger partial charge in [-0.3, -0.25) is 4.55 Å². The van der Waals surface area contributed by atoms with Crippen LogP contribution in [-0.2, 0) is 10.1 Å². The van der Waals surface area contributed by atoms with Crippen LogP contribution in [0.5, 0.6) is 0 Å². The third kappa shape index (κ3) is 20.2. The first-order valence-corrected chi connectivity index (χ1v) is 15.8. The van der Waals surface area contributed by atoms with E-state index in [9.17, 15) is 13.0 Å². The van der Waals surface area contributed by atoms with E-state index in [1.165, 1.54) is 96.3 Å². The van der Waals surface area contributed by atoms with Crippen LogP contribution in [-0.4, -0.2) is 66.6 Å². The molecule has 0 aromatic carbocycles. The molecule has 0 atom stereocenters. The second-order valence-electron chi connectivity index (χ2n) is 10.3. The molecule has 0 aliphatic rings. The fourth-order valence-corrected chi connectivity index (χ4v) is 6.18. The Morgan fingerprint density at radius 3 is 0.879 bits per heavy atom. The second kappa shape index (κ2) is 25.1. The number of hydrogen-bond acceptors (Lipinski definition) is 2. The third-order valence-corrected chi connectivity index (χ3v) is 8.96. The monoisotopic (exact) mass is 614 g/mol. The fraction of sp³-hybridized carbons (Fsp3) is 1.00. The molecule has 198 valence electrons. The van der Waals surface area contributed by atoms with Crippen LogP contribution in [0.2, 0.25) is 0 Å². The van der Waals surface area contributed by atoms with Gasteiger partial charge >= 0.3 is 48.9 Å². The van der Waals surface area contributed by atoms with Crippen molar-refractivity contribution in [3.8, 4) is 0 Å². The summed E-state index contributed by atoms with van der Waals surface area (Å²) in [4.78, 5) is 0. The molecule has 3 nitrogen and oxygen atoms in total. The van der Waals surface area contributed by atoms with Crippen LogP contribution in [0.3, 0.4) is 0 Å². The zero-order valence-electron chi connectivity index (χ0n) is 22.1. The minimum atomic E-state index is -4.03. The maximum absolute atomic E-state index is 12.6. The molecule has 0 aliphatic carbocycles. The summed E-state index contributed by atoms with van der Waals surface area (Å²) >= 11 is 0. The Labute approximate surface area is 249 Å². The van der Waals surface area contributed by atoms with Gasteiger partial charge in [-0.1, -0.05) is 156 Å². The molecule has 5 heteroatoms. The van der Waals surface area contributed by atoms with Crippen LogP contribution in [0.4, 0.5) is 0 Å². The van der Waals surface area contributed by atoms with Gasteiger partial charge in [0.25, 0.3) is 10.1 Å². The van der Waals surface area contributed by atoms with E-state index in [2.05, 4.69) is 20.8 Å². The van der Waals surface area contributed by atoms with Crippen molar-refractivity contribution in [1.82, 2.24) is 0 Å². The first-order valence-electron chi connectivity index (χ1n) is 14.4. The summed E-state index contributed by atoms with van der Waals surface area (Å²) in [7, 11) is -4.03. The van der Waals surface area contributed by atoms with Crippen LogP contribution in [0.1, 0.15) is 175 Å². The minimum absolute atomic E-state index is 0. The van der Waals surface area contributed by atoms with Crippen LogP contribution in [0, 0.1) is 0 Å². The quantitative estimate of drug-likeness (QED) is 0.0635. The Balaban J connectivity index is 0. The third-order valence-electron chi connectivity index (χ3n) is 7.26. The summed E-state index contributed by atoms with van der Waals surface area (Å²) in [6.07, 6.45) is 26.8. The molecule has 1 N–H and O–H groups in total. The van der Waals surface area contributed by atoms with Gasteiger partial charge in [-0.05, 0) is 19.3 Å². The normalized spacial score (nSPS) is 12.1. The van der Waals surface area contributed by atoms with Crippen LogP contribution in [0.15, 0.2) is 0 Å². The Bertz CT molecular complexity index is 448. The number of rotatable bonds is 25. The number of hydrogen-bond donors (Lipinski definition) is 1. The predicted molar refractivity (Wildman–Crippen MR) is 151 cm³/mol. The molecule has 0 aromatic heterocycles. The molecule has 0 aromatic rings. The Morgan fingerprint density at radius 1 is 0.455 bits per heavy atom. The molecule has 0 saturated heterocycles. The predicted octanol–water partition coefficient (Wildman–Crippen LogP) is 9.12. The SMILES string of the molecule is CCCCCCCCCC(CCCCCCCCC)(CCCCCCCCC)S(=O)(=O)O.[BaH2]. The van der Waals surface area contributed by atoms with E-state index in [0.717, 1.165) is 38.5 Å². The summed E-state index contributed by atoms with van der Waals surface area (Å²) in [5.41, 5.74) is 0. The Kier molecular flexibility index (Phi) is 27.9. The summed E-state index contributed by atoms with van der Waals surface area (Å²) in [6.45, 7) is 6.69. The van der Waals surface area contributed by atoms with Gasteiger partial charge in [0, 0.05) is 0 Å². The van der Waals surface area contributed by atoms with Crippen molar-refractivity contribution in [3.63, 3.8) is 0 Å². The van der Waals surface area contributed by atoms with Gasteiger partial charge in [0.05, 0.1) is 4.75 Å². The number of unbranched alkanes of at least 4 members (excludes halogenated alkanes) is 18. The van der Waals surface area contributed by atoms with E-state index < -0.39 is 14.9 Å². The molecule has 33 heavy (non-hydrogen) atoms. The molecule has 0 aliphatic heterocycles. The van der Waals surface area contributed by atoms with E-state index in [1.807, 2.05) is 0 Å². The van der Waals surface area contributed by atoms with E-state index in [0.29, 0.717) is 19.3 Å². The van der Waals surface area contributed by atoms with Crippen molar-refractivity contribution >= 4 is 59.0 Å². The molecular formula is C28H60BaO3S. The molecule has 0 unspecified atom stereocenters. The summed E-state index contributed by atoms with van der Waals surface area (Å²) < 4.78 is 34.7. The maximum atomic E-state index is 12.6. The summed E-state index contributed by atoms with van der Waals surface area (Å²) in [5, 5.41) is 0. The van der Waals surface area contributed by atoms with Crippen LogP contribution < -0.4 is 0 Å². The molecule has 0 rings (SSSR count). The standard InChI is InChI=1S/C28H58O3S.Ba.2H/c1-4-7-10-13-16-19-22-25-28(32(29,30)31,26-23-20-17-14-11-8-5-2)27-24-21-18-15-12-9-6-3;;;/h4-27H2,1-3H3,(H,29,30,31);;;. The van der Waals surface area contributed by atoms with E-state index in [-0.39, 0.29) is 48.9 Å². The van der Waals surface area contributed by atoms with Crippen molar-refractivity contribution < 1.29 is 13.0 Å². The first-order chi connectivity index (χ1) is 15.4.